The van der Waals surface area contributed by atoms with Crippen LogP contribution in [0.25, 0.3) is 0 Å². The first-order valence-corrected chi connectivity index (χ1v) is 13.0. The molecule has 6 nitrogen and oxygen atoms in total. The number of hydrogen-bond donors (Lipinski definition) is 2. The molecular weight excluding hydrogens is 438 g/mol. The lowest BCUT2D eigenvalue weighted by atomic mass is 9.46. The lowest BCUT2D eigenvalue weighted by Gasteiger charge is -2.58. The van der Waals surface area contributed by atoms with Gasteiger partial charge in [-0.2, -0.15) is 0 Å². The number of carbonyl (C=O) groups is 1. The van der Waals surface area contributed by atoms with Crippen LogP contribution in [0.4, 0.5) is 0 Å². The Balaban J connectivity index is 1.21. The van der Waals surface area contributed by atoms with Crippen molar-refractivity contribution in [2.24, 2.45) is 33.7 Å². The van der Waals surface area contributed by atoms with Gasteiger partial charge in [0.1, 0.15) is 5.60 Å². The summed E-state index contributed by atoms with van der Waals surface area (Å²) in [7, 11) is 0. The minimum Gasteiger partial charge on any atom is -0.385 e. The molecule has 0 saturated heterocycles. The topological polar surface area (TPSA) is 83.8 Å². The largest absolute Gasteiger partial charge is 0.385 e. The fourth-order valence-corrected chi connectivity index (χ4v) is 7.82. The molecule has 5 rings (SSSR count). The monoisotopic (exact) mass is 475 g/mol. The molecule has 1 amide bonds. The Morgan fingerprint density at radius 2 is 1.97 bits per heavy atom. The van der Waals surface area contributed by atoms with Crippen LogP contribution in [0, 0.1) is 40.9 Å². The van der Waals surface area contributed by atoms with Crippen LogP contribution >= 0.6 is 0 Å². The number of allylic oxidation sites excluding steroid dienone is 2. The summed E-state index contributed by atoms with van der Waals surface area (Å²) >= 11 is 0. The average molecular weight is 476 g/mol. The molecule has 1 aromatic heterocycles. The van der Waals surface area contributed by atoms with Crippen LogP contribution in [0.2, 0.25) is 0 Å². The number of aliphatic hydroxyl groups is 1. The number of fused-ring (bicyclic) bond motifs is 5. The Bertz CT molecular complexity index is 1080. The third-order valence-electron chi connectivity index (χ3n) is 9.98. The van der Waals surface area contributed by atoms with Gasteiger partial charge in [-0.1, -0.05) is 30.5 Å². The van der Waals surface area contributed by atoms with E-state index in [0.29, 0.717) is 24.3 Å². The normalized spacial score (nSPS) is 39.0. The van der Waals surface area contributed by atoms with Crippen molar-refractivity contribution in [1.29, 1.82) is 0 Å². The third-order valence-corrected chi connectivity index (χ3v) is 9.98. The number of oxime groups is 1. The highest BCUT2D eigenvalue weighted by atomic mass is 16.6. The van der Waals surface area contributed by atoms with E-state index >= 15 is 0 Å². The lowest BCUT2D eigenvalue weighted by molar-refractivity contribution is -0.125. The highest BCUT2D eigenvalue weighted by Crippen LogP contribution is 2.67. The van der Waals surface area contributed by atoms with Crippen LogP contribution < -0.4 is 5.32 Å². The van der Waals surface area contributed by atoms with Crippen molar-refractivity contribution < 1.29 is 14.7 Å². The average Bonchev–Trinajstić information content (AvgIpc) is 3.14. The number of carbonyl (C=O) groups excluding carboxylic acids is 1. The number of nitrogens with zero attached hydrogens (tertiary/aromatic N) is 2. The van der Waals surface area contributed by atoms with Gasteiger partial charge < -0.3 is 15.3 Å². The highest BCUT2D eigenvalue weighted by Gasteiger charge is 2.63. The van der Waals surface area contributed by atoms with Gasteiger partial charge in [-0.3, -0.25) is 9.78 Å². The van der Waals surface area contributed by atoms with E-state index in [-0.39, 0.29) is 23.3 Å². The van der Waals surface area contributed by atoms with E-state index in [1.54, 1.807) is 12.4 Å². The molecular formula is C29H37N3O3. The van der Waals surface area contributed by atoms with E-state index in [0.717, 1.165) is 62.6 Å². The zero-order valence-electron chi connectivity index (χ0n) is 20.9. The van der Waals surface area contributed by atoms with Gasteiger partial charge in [0.25, 0.3) is 5.91 Å². The van der Waals surface area contributed by atoms with Crippen molar-refractivity contribution >= 4 is 11.6 Å². The molecule has 0 radical (unpaired) electrons. The van der Waals surface area contributed by atoms with E-state index in [4.69, 9.17) is 11.3 Å². The summed E-state index contributed by atoms with van der Waals surface area (Å²) in [6.07, 6.45) is 19.5. The molecule has 4 aliphatic carbocycles. The van der Waals surface area contributed by atoms with E-state index in [1.807, 2.05) is 12.1 Å². The molecule has 0 aromatic carbocycles. The summed E-state index contributed by atoms with van der Waals surface area (Å²) < 4.78 is 0. The number of pyridine rings is 1. The summed E-state index contributed by atoms with van der Waals surface area (Å²) in [5, 5.41) is 18.3. The second kappa shape index (κ2) is 9.09. The van der Waals surface area contributed by atoms with Crippen molar-refractivity contribution in [3.8, 4) is 12.3 Å². The Kier molecular flexibility index (Phi) is 6.25. The number of nitrogens with one attached hydrogen (secondary N) is 1. The standard InChI is InChI=1S/C29H37N3O3/c1-4-29(34)14-9-25-23-6-5-21-17-22(7-12-27(21,2)24(23)8-13-28(25,29)3)32-35-19-26(33)31-18-20-10-15-30-16-11-20/h1,10-11,15-17,23-25,34H,5-9,12-14,18-19H2,2-3H3,(H,31,33)/t23-,24-,25-,27+,28-,29-/m1/s1. The molecule has 1 heterocycles. The second-order valence-electron chi connectivity index (χ2n) is 11.5. The van der Waals surface area contributed by atoms with Gasteiger partial charge in [0.2, 0.25) is 0 Å². The summed E-state index contributed by atoms with van der Waals surface area (Å²) in [6.45, 7) is 5.04. The second-order valence-corrected chi connectivity index (χ2v) is 11.5. The molecule has 0 aliphatic heterocycles. The maximum atomic E-state index is 12.1. The number of hydrogen-bond acceptors (Lipinski definition) is 5. The maximum Gasteiger partial charge on any atom is 0.261 e. The highest BCUT2D eigenvalue weighted by molar-refractivity contribution is 5.96. The first-order chi connectivity index (χ1) is 16.8. The van der Waals surface area contributed by atoms with Crippen LogP contribution in [0.5, 0.6) is 0 Å². The van der Waals surface area contributed by atoms with E-state index in [2.05, 4.69) is 41.3 Å². The molecule has 0 spiro atoms. The van der Waals surface area contributed by atoms with Crippen molar-refractivity contribution in [3.63, 3.8) is 0 Å². The molecule has 35 heavy (non-hydrogen) atoms. The quantitative estimate of drug-likeness (QED) is 0.488. The SMILES string of the molecule is C#C[C@@]1(O)CC[C@@H]2[C@@H]3CCC4=CC(=NOCC(=O)NCc5ccncc5)CC[C@]4(C)[C@@H]3CC[C@]21C. The summed E-state index contributed by atoms with van der Waals surface area (Å²) in [5.74, 6) is 4.34. The molecule has 2 N–H and O–H groups in total. The number of aromatic nitrogens is 1. The van der Waals surface area contributed by atoms with Gasteiger partial charge in [-0.05, 0) is 98.3 Å². The predicted octanol–water partition coefficient (Wildman–Crippen LogP) is 4.40. The molecule has 6 heteroatoms. The predicted molar refractivity (Wildman–Crippen MR) is 135 cm³/mol. The number of terminal acetylenes is 1. The number of rotatable bonds is 5. The Hall–Kier alpha value is -2.65. The van der Waals surface area contributed by atoms with Gasteiger partial charge in [-0.25, -0.2) is 0 Å². The van der Waals surface area contributed by atoms with Crippen LogP contribution in [-0.4, -0.2) is 33.9 Å². The Labute approximate surface area is 208 Å². The van der Waals surface area contributed by atoms with E-state index < -0.39 is 5.60 Å². The molecule has 0 unspecified atom stereocenters. The minimum absolute atomic E-state index is 0.0852. The molecule has 3 saturated carbocycles. The van der Waals surface area contributed by atoms with Crippen molar-refractivity contribution in [3.05, 3.63) is 41.7 Å². The van der Waals surface area contributed by atoms with Gasteiger partial charge in [-0.15, -0.1) is 6.42 Å². The van der Waals surface area contributed by atoms with Gasteiger partial charge in [0.15, 0.2) is 6.61 Å². The fraction of sp³-hybridized carbons (Fsp3) is 0.621. The van der Waals surface area contributed by atoms with E-state index in [1.165, 1.54) is 5.57 Å². The Morgan fingerprint density at radius 1 is 1.20 bits per heavy atom. The molecule has 3 fully saturated rings. The first kappa shape index (κ1) is 24.1. The van der Waals surface area contributed by atoms with Gasteiger partial charge >= 0.3 is 0 Å². The Morgan fingerprint density at radius 3 is 2.74 bits per heavy atom. The smallest absolute Gasteiger partial charge is 0.261 e. The molecule has 4 aliphatic rings. The molecule has 1 aromatic rings. The summed E-state index contributed by atoms with van der Waals surface area (Å²) in [5.41, 5.74) is 2.46. The van der Waals surface area contributed by atoms with Crippen molar-refractivity contribution in [1.82, 2.24) is 10.3 Å². The van der Waals surface area contributed by atoms with Crippen LogP contribution in [0.1, 0.15) is 70.8 Å². The van der Waals surface area contributed by atoms with Gasteiger partial charge in [0, 0.05) is 24.4 Å². The van der Waals surface area contributed by atoms with Crippen LogP contribution in [0.15, 0.2) is 41.3 Å². The van der Waals surface area contributed by atoms with E-state index in [9.17, 15) is 9.90 Å². The number of amides is 1. The zero-order valence-corrected chi connectivity index (χ0v) is 20.9. The van der Waals surface area contributed by atoms with Gasteiger partial charge in [0.05, 0.1) is 5.71 Å². The summed E-state index contributed by atoms with van der Waals surface area (Å²) in [4.78, 5) is 21.5. The third kappa shape index (κ3) is 4.08. The summed E-state index contributed by atoms with van der Waals surface area (Å²) in [6, 6.07) is 3.74. The van der Waals surface area contributed by atoms with Crippen LogP contribution in [-0.2, 0) is 16.2 Å². The zero-order chi connectivity index (χ0) is 24.7. The molecule has 6 atom stereocenters. The fourth-order valence-electron chi connectivity index (χ4n) is 7.82. The maximum absolute atomic E-state index is 12.1. The molecule has 186 valence electrons. The van der Waals surface area contributed by atoms with Crippen molar-refractivity contribution in [2.75, 3.05) is 6.61 Å². The van der Waals surface area contributed by atoms with Crippen molar-refractivity contribution in [2.45, 2.75) is 77.4 Å². The first-order valence-electron chi connectivity index (χ1n) is 13.0. The molecule has 0 bridgehead atoms. The van der Waals surface area contributed by atoms with Crippen LogP contribution in [0.3, 0.4) is 0 Å². The lowest BCUT2D eigenvalue weighted by Crippen LogP contribution is -2.54. The minimum atomic E-state index is -0.950.